The molecule has 1 atom stereocenters. The van der Waals surface area contributed by atoms with Crippen LogP contribution in [0.15, 0.2) is 24.3 Å². The zero-order chi connectivity index (χ0) is 16.0. The lowest BCUT2D eigenvalue weighted by molar-refractivity contribution is -0.0954. The summed E-state index contributed by atoms with van der Waals surface area (Å²) in [5.41, 5.74) is 2.36. The minimum atomic E-state index is -0.256. The largest absolute Gasteiger partial charge is 0.376 e. The van der Waals surface area contributed by atoms with Gasteiger partial charge in [-0.1, -0.05) is 45.0 Å². The first-order valence-corrected chi connectivity index (χ1v) is 8.05. The van der Waals surface area contributed by atoms with Crippen molar-refractivity contribution < 1.29 is 9.47 Å². The van der Waals surface area contributed by atoms with Crippen molar-refractivity contribution in [2.75, 3.05) is 6.61 Å². The van der Waals surface area contributed by atoms with Gasteiger partial charge in [0, 0.05) is 0 Å². The van der Waals surface area contributed by atoms with E-state index in [9.17, 15) is 0 Å². The molecule has 1 unspecified atom stereocenters. The maximum atomic E-state index is 5.99. The maximum absolute atomic E-state index is 5.99. The van der Waals surface area contributed by atoms with E-state index in [4.69, 9.17) is 9.47 Å². The van der Waals surface area contributed by atoms with Crippen molar-refractivity contribution in [3.05, 3.63) is 35.4 Å². The highest BCUT2D eigenvalue weighted by atomic mass is 16.5. The Labute approximate surface area is 130 Å². The summed E-state index contributed by atoms with van der Waals surface area (Å²) >= 11 is 0. The molecule has 0 saturated carbocycles. The van der Waals surface area contributed by atoms with E-state index in [-0.39, 0.29) is 11.7 Å². The number of rotatable bonds is 8. The van der Waals surface area contributed by atoms with Crippen LogP contribution in [-0.2, 0) is 16.1 Å². The van der Waals surface area contributed by atoms with Gasteiger partial charge in [-0.25, -0.2) is 0 Å². The molecule has 1 rings (SSSR count). The molecule has 0 aliphatic rings. The molecular weight excluding hydrogens is 260 g/mol. The third kappa shape index (κ3) is 6.62. The molecule has 120 valence electrons. The van der Waals surface area contributed by atoms with Gasteiger partial charge in [0.25, 0.3) is 0 Å². The Hall–Kier alpha value is -0.860. The Morgan fingerprint density at radius 2 is 1.52 bits per heavy atom. The molecule has 2 heteroatoms. The highest BCUT2D eigenvalue weighted by Gasteiger charge is 2.19. The lowest BCUT2D eigenvalue weighted by Crippen LogP contribution is -2.31. The van der Waals surface area contributed by atoms with Crippen LogP contribution in [0.25, 0.3) is 0 Å². The predicted octanol–water partition coefficient (Wildman–Crippen LogP) is 5.17. The summed E-state index contributed by atoms with van der Waals surface area (Å²) in [5.74, 6) is 1.26. The summed E-state index contributed by atoms with van der Waals surface area (Å²) in [5, 5.41) is 0. The van der Waals surface area contributed by atoms with E-state index in [1.165, 1.54) is 11.1 Å². The summed E-state index contributed by atoms with van der Waals surface area (Å²) in [4.78, 5) is 0. The molecule has 0 N–H and O–H groups in total. The van der Waals surface area contributed by atoms with E-state index in [0.717, 1.165) is 0 Å². The van der Waals surface area contributed by atoms with Crippen molar-refractivity contribution in [3.8, 4) is 0 Å². The van der Waals surface area contributed by atoms with Gasteiger partial charge in [0.05, 0.1) is 24.9 Å². The summed E-state index contributed by atoms with van der Waals surface area (Å²) in [6.45, 7) is 16.3. The molecular formula is C19H32O2. The fourth-order valence-electron chi connectivity index (χ4n) is 1.99. The van der Waals surface area contributed by atoms with Crippen molar-refractivity contribution >= 4 is 0 Å². The molecule has 1 aromatic carbocycles. The van der Waals surface area contributed by atoms with Gasteiger partial charge in [-0.2, -0.15) is 0 Å². The van der Waals surface area contributed by atoms with E-state index in [2.05, 4.69) is 58.9 Å². The monoisotopic (exact) mass is 292 g/mol. The van der Waals surface area contributed by atoms with Crippen molar-refractivity contribution in [2.45, 2.75) is 72.7 Å². The first-order valence-electron chi connectivity index (χ1n) is 8.05. The summed E-state index contributed by atoms with van der Waals surface area (Å²) in [6, 6.07) is 8.79. The highest BCUT2D eigenvalue weighted by molar-refractivity contribution is 5.25. The maximum Gasteiger partial charge on any atom is 0.0863 e. The van der Waals surface area contributed by atoms with Crippen molar-refractivity contribution in [3.63, 3.8) is 0 Å². The molecule has 0 radical (unpaired) electrons. The van der Waals surface area contributed by atoms with Gasteiger partial charge in [-0.05, 0) is 50.7 Å². The fraction of sp³-hybridized carbons (Fsp3) is 0.684. The van der Waals surface area contributed by atoms with Crippen LogP contribution in [0.5, 0.6) is 0 Å². The average Bonchev–Trinajstić information content (AvgIpc) is 2.43. The molecule has 0 bridgehead atoms. The van der Waals surface area contributed by atoms with Crippen LogP contribution in [0.2, 0.25) is 0 Å². The molecule has 0 saturated heterocycles. The Bertz CT molecular complexity index is 404. The summed E-state index contributed by atoms with van der Waals surface area (Å²) < 4.78 is 11.6. The normalized spacial score (nSPS) is 14.0. The highest BCUT2D eigenvalue weighted by Crippen LogP contribution is 2.24. The Morgan fingerprint density at radius 3 is 2.00 bits per heavy atom. The quantitative estimate of drug-likeness (QED) is 0.658. The Kier molecular flexibility index (Phi) is 6.89. The second-order valence-corrected chi connectivity index (χ2v) is 7.18. The van der Waals surface area contributed by atoms with Crippen LogP contribution in [0, 0.1) is 5.92 Å². The second-order valence-electron chi connectivity index (χ2n) is 7.18. The van der Waals surface area contributed by atoms with E-state index < -0.39 is 0 Å². The van der Waals surface area contributed by atoms with E-state index in [1.807, 2.05) is 13.8 Å². The van der Waals surface area contributed by atoms with Crippen molar-refractivity contribution in [1.29, 1.82) is 0 Å². The predicted molar refractivity (Wildman–Crippen MR) is 89.7 cm³/mol. The van der Waals surface area contributed by atoms with Crippen LogP contribution in [0.3, 0.4) is 0 Å². The van der Waals surface area contributed by atoms with Gasteiger partial charge in [-0.3, -0.25) is 0 Å². The van der Waals surface area contributed by atoms with Crippen LogP contribution >= 0.6 is 0 Å². The first kappa shape index (κ1) is 18.2. The SMILES string of the molecule is CC(C)OCC(C)(C)OCc1ccc(C(C)C(C)C)cc1. The first-order chi connectivity index (χ1) is 9.71. The molecule has 1 aromatic rings. The van der Waals surface area contributed by atoms with Crippen LogP contribution < -0.4 is 0 Å². The standard InChI is InChI=1S/C19H32O2/c1-14(2)16(5)18-10-8-17(9-11-18)12-21-19(6,7)13-20-15(3)4/h8-11,14-16H,12-13H2,1-7H3. The van der Waals surface area contributed by atoms with E-state index >= 15 is 0 Å². The van der Waals surface area contributed by atoms with Crippen LogP contribution in [0.4, 0.5) is 0 Å². The molecule has 0 aromatic heterocycles. The third-order valence-corrected chi connectivity index (χ3v) is 3.90. The van der Waals surface area contributed by atoms with E-state index in [1.54, 1.807) is 0 Å². The number of hydrogen-bond donors (Lipinski definition) is 0. The molecule has 21 heavy (non-hydrogen) atoms. The van der Waals surface area contributed by atoms with Crippen molar-refractivity contribution in [1.82, 2.24) is 0 Å². The number of hydrogen-bond acceptors (Lipinski definition) is 2. The van der Waals surface area contributed by atoms with Gasteiger partial charge < -0.3 is 9.47 Å². The average molecular weight is 292 g/mol. The molecule has 0 aliphatic carbocycles. The molecule has 2 nitrogen and oxygen atoms in total. The second kappa shape index (κ2) is 7.95. The van der Waals surface area contributed by atoms with Crippen LogP contribution in [0.1, 0.15) is 65.5 Å². The zero-order valence-corrected chi connectivity index (χ0v) is 14.8. The van der Waals surface area contributed by atoms with Gasteiger partial charge in [-0.15, -0.1) is 0 Å². The number of ether oxygens (including phenoxy) is 2. The minimum absolute atomic E-state index is 0.240. The lowest BCUT2D eigenvalue weighted by Gasteiger charge is -2.26. The Balaban J connectivity index is 2.52. The van der Waals surface area contributed by atoms with Crippen molar-refractivity contribution in [2.24, 2.45) is 5.92 Å². The van der Waals surface area contributed by atoms with Gasteiger partial charge in [0.1, 0.15) is 0 Å². The number of benzene rings is 1. The molecule has 0 heterocycles. The molecule has 0 aliphatic heterocycles. The van der Waals surface area contributed by atoms with Gasteiger partial charge >= 0.3 is 0 Å². The zero-order valence-electron chi connectivity index (χ0n) is 14.8. The lowest BCUT2D eigenvalue weighted by atomic mass is 9.90. The van der Waals surface area contributed by atoms with Gasteiger partial charge in [0.2, 0.25) is 0 Å². The third-order valence-electron chi connectivity index (χ3n) is 3.90. The van der Waals surface area contributed by atoms with E-state index in [0.29, 0.717) is 25.0 Å². The minimum Gasteiger partial charge on any atom is -0.376 e. The molecule has 0 fully saturated rings. The topological polar surface area (TPSA) is 18.5 Å². The summed E-state index contributed by atoms with van der Waals surface area (Å²) in [7, 11) is 0. The molecule has 0 spiro atoms. The fourth-order valence-corrected chi connectivity index (χ4v) is 1.99. The van der Waals surface area contributed by atoms with Crippen LogP contribution in [-0.4, -0.2) is 18.3 Å². The van der Waals surface area contributed by atoms with Gasteiger partial charge in [0.15, 0.2) is 0 Å². The molecule has 0 amide bonds. The smallest absolute Gasteiger partial charge is 0.0863 e. The Morgan fingerprint density at radius 1 is 0.952 bits per heavy atom. The summed E-state index contributed by atoms with van der Waals surface area (Å²) in [6.07, 6.45) is 0.240.